The molecule has 2 amide bonds. The van der Waals surface area contributed by atoms with E-state index in [1.807, 2.05) is 62.5 Å². The van der Waals surface area contributed by atoms with Crippen LogP contribution in [-0.2, 0) is 9.59 Å². The van der Waals surface area contributed by atoms with E-state index < -0.39 is 0 Å². The molecule has 0 bridgehead atoms. The molecule has 0 fully saturated rings. The third kappa shape index (κ3) is 3.48. The van der Waals surface area contributed by atoms with E-state index in [0.29, 0.717) is 22.0 Å². The average molecular weight is 423 g/mol. The second kappa shape index (κ2) is 7.50. The molecule has 1 N–H and O–H groups in total. The standard InChI is InChI=1S/C23H19ClN2O2S/c1-13-7-9-17(11-15(13)3)26-22(27)20(19-5-4-10-29-19)21(23(26)28)25-16-8-6-14(2)18(24)12-16/h4-12,25H,1-3H3. The van der Waals surface area contributed by atoms with Gasteiger partial charge in [-0.3, -0.25) is 9.59 Å². The molecule has 2 aromatic carbocycles. The number of halogens is 1. The Bertz CT molecular complexity index is 1170. The summed E-state index contributed by atoms with van der Waals surface area (Å²) >= 11 is 7.67. The Morgan fingerprint density at radius 1 is 0.897 bits per heavy atom. The Hall–Kier alpha value is -2.89. The van der Waals surface area contributed by atoms with Crippen LogP contribution in [0.5, 0.6) is 0 Å². The number of benzene rings is 2. The summed E-state index contributed by atoms with van der Waals surface area (Å²) in [5, 5.41) is 5.62. The van der Waals surface area contributed by atoms with Crippen molar-refractivity contribution in [3.8, 4) is 0 Å². The van der Waals surface area contributed by atoms with Gasteiger partial charge in [0.15, 0.2) is 0 Å². The normalized spacial score (nSPS) is 14.1. The highest BCUT2D eigenvalue weighted by Gasteiger charge is 2.40. The lowest BCUT2D eigenvalue weighted by atomic mass is 10.1. The number of thiophene rings is 1. The molecule has 0 spiro atoms. The smallest absolute Gasteiger partial charge is 0.282 e. The van der Waals surface area contributed by atoms with Crippen molar-refractivity contribution >= 4 is 51.7 Å². The van der Waals surface area contributed by atoms with E-state index in [1.54, 1.807) is 12.1 Å². The Balaban J connectivity index is 1.80. The monoisotopic (exact) mass is 422 g/mol. The fourth-order valence-electron chi connectivity index (χ4n) is 3.21. The summed E-state index contributed by atoms with van der Waals surface area (Å²) in [6, 6.07) is 14.8. The molecule has 3 aromatic rings. The van der Waals surface area contributed by atoms with Gasteiger partial charge in [0, 0.05) is 15.6 Å². The first-order valence-electron chi connectivity index (χ1n) is 9.14. The van der Waals surface area contributed by atoms with E-state index in [1.165, 1.54) is 16.2 Å². The largest absolute Gasteiger partial charge is 0.350 e. The summed E-state index contributed by atoms with van der Waals surface area (Å²) in [6.07, 6.45) is 0. The molecule has 0 radical (unpaired) electrons. The summed E-state index contributed by atoms with van der Waals surface area (Å²) in [5.74, 6) is -0.709. The molecule has 1 aliphatic heterocycles. The van der Waals surface area contributed by atoms with Crippen molar-refractivity contribution in [1.29, 1.82) is 0 Å². The lowest BCUT2D eigenvalue weighted by molar-refractivity contribution is -0.120. The number of aryl methyl sites for hydroxylation is 3. The van der Waals surface area contributed by atoms with Crippen LogP contribution in [0.3, 0.4) is 0 Å². The molecule has 0 aliphatic carbocycles. The van der Waals surface area contributed by atoms with Crippen molar-refractivity contribution in [2.24, 2.45) is 0 Å². The van der Waals surface area contributed by atoms with E-state index in [9.17, 15) is 9.59 Å². The molecule has 0 saturated carbocycles. The fraction of sp³-hybridized carbons (Fsp3) is 0.130. The van der Waals surface area contributed by atoms with Gasteiger partial charge < -0.3 is 5.32 Å². The first-order chi connectivity index (χ1) is 13.9. The Morgan fingerprint density at radius 2 is 1.66 bits per heavy atom. The number of amides is 2. The molecular formula is C23H19ClN2O2S. The highest BCUT2D eigenvalue weighted by Crippen LogP contribution is 2.36. The number of imide groups is 1. The number of hydrogen-bond acceptors (Lipinski definition) is 4. The van der Waals surface area contributed by atoms with Gasteiger partial charge >= 0.3 is 0 Å². The molecule has 0 unspecified atom stereocenters. The molecule has 2 heterocycles. The van der Waals surface area contributed by atoms with Gasteiger partial charge in [0.05, 0.1) is 11.3 Å². The lowest BCUT2D eigenvalue weighted by Crippen LogP contribution is -2.32. The maximum absolute atomic E-state index is 13.3. The second-order valence-corrected chi connectivity index (χ2v) is 8.39. The highest BCUT2D eigenvalue weighted by atomic mass is 35.5. The summed E-state index contributed by atoms with van der Waals surface area (Å²) in [4.78, 5) is 28.6. The van der Waals surface area contributed by atoms with Crippen molar-refractivity contribution in [2.45, 2.75) is 20.8 Å². The van der Waals surface area contributed by atoms with Gasteiger partial charge in [-0.2, -0.15) is 0 Å². The highest BCUT2D eigenvalue weighted by molar-refractivity contribution is 7.11. The molecule has 1 aromatic heterocycles. The van der Waals surface area contributed by atoms with Gasteiger partial charge in [0.1, 0.15) is 5.70 Å². The van der Waals surface area contributed by atoms with Crippen LogP contribution < -0.4 is 10.2 Å². The summed E-state index contributed by atoms with van der Waals surface area (Å²) in [7, 11) is 0. The first kappa shape index (κ1) is 19.4. The minimum absolute atomic E-state index is 0.260. The van der Waals surface area contributed by atoms with E-state index >= 15 is 0 Å². The zero-order valence-corrected chi connectivity index (χ0v) is 17.8. The zero-order chi connectivity index (χ0) is 20.7. The predicted molar refractivity (Wildman–Crippen MR) is 119 cm³/mol. The van der Waals surface area contributed by atoms with Gasteiger partial charge in [0.2, 0.25) is 0 Å². The molecule has 1 aliphatic rings. The molecule has 29 heavy (non-hydrogen) atoms. The Morgan fingerprint density at radius 3 is 2.31 bits per heavy atom. The quantitative estimate of drug-likeness (QED) is 0.547. The van der Waals surface area contributed by atoms with Crippen LogP contribution >= 0.6 is 22.9 Å². The van der Waals surface area contributed by atoms with Crippen molar-refractivity contribution in [1.82, 2.24) is 0 Å². The van der Waals surface area contributed by atoms with Gasteiger partial charge in [-0.15, -0.1) is 11.3 Å². The van der Waals surface area contributed by atoms with Crippen molar-refractivity contribution in [3.05, 3.63) is 86.2 Å². The van der Waals surface area contributed by atoms with Crippen LogP contribution in [0.2, 0.25) is 5.02 Å². The van der Waals surface area contributed by atoms with Crippen LogP contribution in [0, 0.1) is 20.8 Å². The van der Waals surface area contributed by atoms with Crippen LogP contribution in [0.25, 0.3) is 5.57 Å². The molecule has 146 valence electrons. The van der Waals surface area contributed by atoms with Crippen molar-refractivity contribution in [2.75, 3.05) is 10.2 Å². The SMILES string of the molecule is Cc1ccc(N2C(=O)C(Nc3ccc(C)c(Cl)c3)=C(c3cccs3)C2=O)cc1C. The Labute approximate surface area is 178 Å². The maximum atomic E-state index is 13.3. The Kier molecular flexibility index (Phi) is 5.03. The number of hydrogen-bond donors (Lipinski definition) is 1. The molecule has 0 saturated heterocycles. The van der Waals surface area contributed by atoms with Gasteiger partial charge in [-0.25, -0.2) is 4.90 Å². The molecule has 4 rings (SSSR count). The number of anilines is 2. The molecule has 4 nitrogen and oxygen atoms in total. The van der Waals surface area contributed by atoms with Crippen LogP contribution in [0.4, 0.5) is 11.4 Å². The van der Waals surface area contributed by atoms with Gasteiger partial charge in [0.25, 0.3) is 11.8 Å². The van der Waals surface area contributed by atoms with Gasteiger partial charge in [-0.05, 0) is 73.2 Å². The van der Waals surface area contributed by atoms with E-state index in [0.717, 1.165) is 21.6 Å². The minimum atomic E-state index is -0.377. The number of rotatable bonds is 4. The topological polar surface area (TPSA) is 49.4 Å². The average Bonchev–Trinajstić information content (AvgIpc) is 3.28. The number of carbonyl (C=O) groups excluding carboxylic acids is 2. The number of carbonyl (C=O) groups is 2. The molecule has 6 heteroatoms. The third-order valence-corrected chi connectivity index (χ3v) is 6.34. The third-order valence-electron chi connectivity index (χ3n) is 5.04. The minimum Gasteiger partial charge on any atom is -0.350 e. The maximum Gasteiger partial charge on any atom is 0.282 e. The first-order valence-corrected chi connectivity index (χ1v) is 10.4. The summed E-state index contributed by atoms with van der Waals surface area (Å²) in [6.45, 7) is 5.87. The van der Waals surface area contributed by atoms with E-state index in [-0.39, 0.29) is 17.5 Å². The predicted octanol–water partition coefficient (Wildman–Crippen LogP) is 5.72. The van der Waals surface area contributed by atoms with E-state index in [2.05, 4.69) is 5.32 Å². The van der Waals surface area contributed by atoms with Crippen LogP contribution in [-0.4, -0.2) is 11.8 Å². The second-order valence-electron chi connectivity index (χ2n) is 7.03. The van der Waals surface area contributed by atoms with Crippen LogP contribution in [0.15, 0.2) is 59.6 Å². The van der Waals surface area contributed by atoms with Gasteiger partial charge in [-0.1, -0.05) is 29.8 Å². The summed E-state index contributed by atoms with van der Waals surface area (Å²) < 4.78 is 0. The summed E-state index contributed by atoms with van der Waals surface area (Å²) in [5.41, 5.74) is 4.92. The molecule has 0 atom stereocenters. The van der Waals surface area contributed by atoms with Crippen molar-refractivity contribution in [3.63, 3.8) is 0 Å². The number of nitrogens with zero attached hydrogens (tertiary/aromatic N) is 1. The zero-order valence-electron chi connectivity index (χ0n) is 16.2. The van der Waals surface area contributed by atoms with Crippen LogP contribution in [0.1, 0.15) is 21.6 Å². The van der Waals surface area contributed by atoms with Crippen molar-refractivity contribution < 1.29 is 9.59 Å². The lowest BCUT2D eigenvalue weighted by Gasteiger charge is -2.17. The fourth-order valence-corrected chi connectivity index (χ4v) is 4.16. The number of nitrogens with one attached hydrogen (secondary N) is 1. The molecular weight excluding hydrogens is 404 g/mol. The van der Waals surface area contributed by atoms with E-state index in [4.69, 9.17) is 11.6 Å².